The van der Waals surface area contributed by atoms with Crippen LogP contribution in [-0.2, 0) is 9.53 Å². The van der Waals surface area contributed by atoms with Crippen molar-refractivity contribution in [2.45, 2.75) is 44.8 Å². The third kappa shape index (κ3) is 5.65. The molecular weight excluding hydrogens is 222 g/mol. The zero-order valence-electron chi connectivity index (χ0n) is 10.2. The van der Waals surface area contributed by atoms with E-state index in [-0.39, 0.29) is 12.7 Å². The summed E-state index contributed by atoms with van der Waals surface area (Å²) in [5.41, 5.74) is 4.82. The Labute approximate surface area is 101 Å². The molecule has 0 aromatic rings. The molecule has 0 spiro atoms. The molecule has 0 unspecified atom stereocenters. The molecule has 0 radical (unpaired) electrons. The monoisotopic (exact) mass is 243 g/mol. The summed E-state index contributed by atoms with van der Waals surface area (Å²) in [6, 6.07) is -0.270. The number of primary amides is 1. The van der Waals surface area contributed by atoms with Crippen molar-refractivity contribution in [2.24, 2.45) is 5.73 Å². The first-order valence-corrected chi connectivity index (χ1v) is 6.06. The zero-order chi connectivity index (χ0) is 12.7. The van der Waals surface area contributed by atoms with E-state index < -0.39 is 11.9 Å². The van der Waals surface area contributed by atoms with Crippen LogP contribution in [0.15, 0.2) is 0 Å². The molecule has 6 nitrogen and oxygen atoms in total. The number of urea groups is 1. The Balaban J connectivity index is 2.13. The molecule has 1 rings (SSSR count). The van der Waals surface area contributed by atoms with E-state index in [2.05, 4.69) is 12.2 Å². The number of hydrogen-bond acceptors (Lipinski definition) is 4. The molecule has 6 heteroatoms. The first kappa shape index (κ1) is 13.9. The van der Waals surface area contributed by atoms with Crippen LogP contribution in [0.4, 0.5) is 4.79 Å². The lowest BCUT2D eigenvalue weighted by Crippen LogP contribution is -2.39. The van der Waals surface area contributed by atoms with Gasteiger partial charge in [-0.25, -0.2) is 4.79 Å². The minimum absolute atomic E-state index is 0.0977. The summed E-state index contributed by atoms with van der Waals surface area (Å²) in [5, 5.41) is 5.37. The Bertz CT molecular complexity index is 263. The minimum atomic E-state index is -0.838. The molecule has 1 fully saturated rings. The van der Waals surface area contributed by atoms with E-state index in [4.69, 9.17) is 10.5 Å². The molecular formula is C11H21N3O3. The second kappa shape index (κ2) is 7.24. The van der Waals surface area contributed by atoms with Crippen LogP contribution < -0.4 is 16.4 Å². The Morgan fingerprint density at radius 3 is 2.47 bits per heavy atom. The number of hydrogen-bond donors (Lipinski definition) is 3. The van der Waals surface area contributed by atoms with Crippen LogP contribution in [0, 0.1) is 0 Å². The predicted molar refractivity (Wildman–Crippen MR) is 63.4 cm³/mol. The molecule has 1 aliphatic carbocycles. The third-order valence-corrected chi connectivity index (χ3v) is 2.88. The summed E-state index contributed by atoms with van der Waals surface area (Å²) >= 11 is 0. The van der Waals surface area contributed by atoms with Crippen molar-refractivity contribution in [1.29, 1.82) is 0 Å². The number of rotatable bonds is 5. The molecule has 0 atom stereocenters. The highest BCUT2D eigenvalue weighted by atomic mass is 16.5. The number of ether oxygens (including phenoxy) is 1. The smallest absolute Gasteiger partial charge is 0.318 e. The van der Waals surface area contributed by atoms with Gasteiger partial charge in [-0.3, -0.25) is 10.1 Å². The van der Waals surface area contributed by atoms with Crippen LogP contribution in [0.3, 0.4) is 0 Å². The maximum Gasteiger partial charge on any atom is 0.318 e. The van der Waals surface area contributed by atoms with Crippen molar-refractivity contribution in [1.82, 2.24) is 10.6 Å². The van der Waals surface area contributed by atoms with Crippen molar-refractivity contribution in [3.63, 3.8) is 0 Å². The molecule has 0 aliphatic heterocycles. The van der Waals surface area contributed by atoms with E-state index in [1.165, 1.54) is 0 Å². The fraction of sp³-hybridized carbons (Fsp3) is 0.818. The van der Waals surface area contributed by atoms with Crippen LogP contribution in [0.25, 0.3) is 0 Å². The topological polar surface area (TPSA) is 93.4 Å². The summed E-state index contributed by atoms with van der Waals surface area (Å²) in [6.07, 6.45) is 4.14. The largest absolute Gasteiger partial charge is 0.368 e. The maximum absolute atomic E-state index is 11.1. The first-order valence-electron chi connectivity index (χ1n) is 6.06. The van der Waals surface area contributed by atoms with Gasteiger partial charge in [0.25, 0.3) is 5.91 Å². The van der Waals surface area contributed by atoms with Gasteiger partial charge in [-0.1, -0.05) is 6.92 Å². The lowest BCUT2D eigenvalue weighted by molar-refractivity contribution is -0.127. The number of nitrogens with one attached hydrogen (secondary N) is 2. The number of nitrogens with two attached hydrogens (primary N) is 1. The molecule has 0 aromatic carbocycles. The van der Waals surface area contributed by atoms with Crippen LogP contribution in [0.5, 0.6) is 0 Å². The van der Waals surface area contributed by atoms with Gasteiger partial charge < -0.3 is 15.8 Å². The van der Waals surface area contributed by atoms with Crippen molar-refractivity contribution in [2.75, 3.05) is 13.2 Å². The fourth-order valence-electron chi connectivity index (χ4n) is 2.09. The van der Waals surface area contributed by atoms with Crippen LogP contribution in [0.2, 0.25) is 0 Å². The summed E-state index contributed by atoms with van der Waals surface area (Å²) in [5.74, 6) is -0.480. The van der Waals surface area contributed by atoms with Crippen LogP contribution in [-0.4, -0.2) is 37.2 Å². The van der Waals surface area contributed by atoms with Gasteiger partial charge in [0.2, 0.25) is 0 Å². The fourth-order valence-corrected chi connectivity index (χ4v) is 2.09. The lowest BCUT2D eigenvalue weighted by Gasteiger charge is -2.28. The molecule has 0 saturated heterocycles. The summed E-state index contributed by atoms with van der Waals surface area (Å²) in [7, 11) is 0. The quantitative estimate of drug-likeness (QED) is 0.639. The van der Waals surface area contributed by atoms with Gasteiger partial charge in [0.15, 0.2) is 0 Å². The molecule has 1 aliphatic rings. The second-order valence-electron chi connectivity index (χ2n) is 4.25. The van der Waals surface area contributed by atoms with E-state index in [1.807, 2.05) is 5.32 Å². The lowest BCUT2D eigenvalue weighted by atomic mass is 9.93. The SMILES string of the molecule is CCNC1CCC(OCC(=O)NC(N)=O)CC1. The molecule has 98 valence electrons. The van der Waals surface area contributed by atoms with E-state index in [0.29, 0.717) is 6.04 Å². The van der Waals surface area contributed by atoms with Crippen LogP contribution >= 0.6 is 0 Å². The molecule has 0 bridgehead atoms. The average molecular weight is 243 g/mol. The van der Waals surface area contributed by atoms with E-state index in [9.17, 15) is 9.59 Å². The number of amides is 3. The third-order valence-electron chi connectivity index (χ3n) is 2.88. The second-order valence-corrected chi connectivity index (χ2v) is 4.25. The average Bonchev–Trinajstić information content (AvgIpc) is 2.28. The number of carbonyl (C=O) groups excluding carboxylic acids is 2. The van der Waals surface area contributed by atoms with Gasteiger partial charge in [0, 0.05) is 6.04 Å². The standard InChI is InChI=1S/C11H21N3O3/c1-2-13-8-3-5-9(6-4-8)17-7-10(15)14-11(12)16/h8-9,13H,2-7H2,1H3,(H3,12,14,15,16). The maximum atomic E-state index is 11.1. The summed E-state index contributed by atoms with van der Waals surface area (Å²) < 4.78 is 5.42. The highest BCUT2D eigenvalue weighted by molar-refractivity contribution is 5.94. The summed E-state index contributed by atoms with van der Waals surface area (Å²) in [4.78, 5) is 21.5. The summed E-state index contributed by atoms with van der Waals surface area (Å²) in [6.45, 7) is 2.98. The Hall–Kier alpha value is -1.14. The molecule has 0 heterocycles. The Morgan fingerprint density at radius 2 is 1.94 bits per heavy atom. The van der Waals surface area contributed by atoms with Crippen molar-refractivity contribution in [3.05, 3.63) is 0 Å². The molecule has 17 heavy (non-hydrogen) atoms. The number of imide groups is 1. The predicted octanol–water partition coefficient (Wildman–Crippen LogP) is 0.119. The highest BCUT2D eigenvalue weighted by Crippen LogP contribution is 2.20. The van der Waals surface area contributed by atoms with Gasteiger partial charge in [-0.15, -0.1) is 0 Å². The van der Waals surface area contributed by atoms with Crippen LogP contribution in [0.1, 0.15) is 32.6 Å². The number of carbonyl (C=O) groups is 2. The van der Waals surface area contributed by atoms with E-state index in [1.54, 1.807) is 0 Å². The van der Waals surface area contributed by atoms with E-state index >= 15 is 0 Å². The molecule has 3 amide bonds. The van der Waals surface area contributed by atoms with Gasteiger partial charge in [-0.05, 0) is 32.2 Å². The van der Waals surface area contributed by atoms with E-state index in [0.717, 1.165) is 32.2 Å². The molecule has 0 aromatic heterocycles. The van der Waals surface area contributed by atoms with Gasteiger partial charge in [0.1, 0.15) is 6.61 Å². The van der Waals surface area contributed by atoms with Gasteiger partial charge in [0.05, 0.1) is 6.10 Å². The van der Waals surface area contributed by atoms with Crippen molar-refractivity contribution in [3.8, 4) is 0 Å². The van der Waals surface area contributed by atoms with Gasteiger partial charge >= 0.3 is 6.03 Å². The highest BCUT2D eigenvalue weighted by Gasteiger charge is 2.21. The molecule has 1 saturated carbocycles. The Morgan fingerprint density at radius 1 is 1.29 bits per heavy atom. The van der Waals surface area contributed by atoms with Crippen molar-refractivity contribution < 1.29 is 14.3 Å². The van der Waals surface area contributed by atoms with Crippen molar-refractivity contribution >= 4 is 11.9 Å². The zero-order valence-corrected chi connectivity index (χ0v) is 10.2. The first-order chi connectivity index (χ1) is 8.11. The minimum Gasteiger partial charge on any atom is -0.368 e. The molecule has 4 N–H and O–H groups in total. The van der Waals surface area contributed by atoms with Gasteiger partial charge in [-0.2, -0.15) is 0 Å². The Kier molecular flexibility index (Phi) is 5.93. The normalized spacial score (nSPS) is 24.3.